The maximum Gasteiger partial charge on any atom is 0.268 e. The predicted molar refractivity (Wildman–Crippen MR) is 103 cm³/mol. The number of hydrogen-bond donors (Lipinski definition) is 1. The predicted octanol–water partition coefficient (Wildman–Crippen LogP) is 2.53. The fourth-order valence-corrected chi connectivity index (χ4v) is 2.89. The first-order valence-electron chi connectivity index (χ1n) is 9.22. The molecule has 1 atom stereocenters. The third-order valence-corrected chi connectivity index (χ3v) is 4.45. The van der Waals surface area contributed by atoms with Crippen LogP contribution in [0.1, 0.15) is 53.3 Å². The van der Waals surface area contributed by atoms with E-state index in [4.69, 9.17) is 9.26 Å². The van der Waals surface area contributed by atoms with Crippen LogP contribution < -0.4 is 15.0 Å². The van der Waals surface area contributed by atoms with Gasteiger partial charge in [-0.15, -0.1) is 0 Å². The molecule has 1 unspecified atom stereocenters. The van der Waals surface area contributed by atoms with E-state index in [1.165, 1.54) is 4.90 Å². The molecule has 0 fully saturated rings. The van der Waals surface area contributed by atoms with E-state index in [1.54, 1.807) is 39.0 Å². The molecule has 2 heterocycles. The monoisotopic (exact) mass is 386 g/mol. The van der Waals surface area contributed by atoms with Crippen LogP contribution in [0.4, 0.5) is 5.69 Å². The van der Waals surface area contributed by atoms with Crippen LogP contribution in [-0.4, -0.2) is 34.6 Å². The lowest BCUT2D eigenvalue weighted by molar-refractivity contribution is -0.128. The van der Waals surface area contributed by atoms with Gasteiger partial charge in [-0.25, -0.2) is 0 Å². The van der Waals surface area contributed by atoms with E-state index in [0.29, 0.717) is 23.2 Å². The number of fused-ring (bicyclic) bond motifs is 1. The maximum atomic E-state index is 12.7. The van der Waals surface area contributed by atoms with Gasteiger partial charge in [0.1, 0.15) is 12.3 Å². The largest absolute Gasteiger partial charge is 0.479 e. The molecule has 1 aromatic carbocycles. The van der Waals surface area contributed by atoms with Crippen LogP contribution in [0.3, 0.4) is 0 Å². The molecule has 2 aromatic rings. The van der Waals surface area contributed by atoms with Gasteiger partial charge in [-0.2, -0.15) is 4.98 Å². The number of hydrogen-bond acceptors (Lipinski definition) is 6. The van der Waals surface area contributed by atoms with Crippen molar-refractivity contribution in [2.24, 2.45) is 0 Å². The molecule has 0 saturated heterocycles. The lowest BCUT2D eigenvalue weighted by atomic mass is 9.97. The Kier molecular flexibility index (Phi) is 4.91. The Morgan fingerprint density at radius 1 is 1.21 bits per heavy atom. The van der Waals surface area contributed by atoms with E-state index in [2.05, 4.69) is 15.5 Å². The minimum absolute atomic E-state index is 0.128. The first-order chi connectivity index (χ1) is 13.0. The summed E-state index contributed by atoms with van der Waals surface area (Å²) in [5.41, 5.74) is -0.566. The number of ether oxygens (including phenoxy) is 1. The van der Waals surface area contributed by atoms with E-state index in [0.717, 1.165) is 0 Å². The highest BCUT2D eigenvalue weighted by Crippen LogP contribution is 2.33. The molecular formula is C20H26N4O4. The van der Waals surface area contributed by atoms with Crippen molar-refractivity contribution < 1.29 is 18.8 Å². The summed E-state index contributed by atoms with van der Waals surface area (Å²) in [6, 6.07) is 7.16. The lowest BCUT2D eigenvalue weighted by Gasteiger charge is -2.33. The average Bonchev–Trinajstić information content (AvgIpc) is 3.10. The fraction of sp³-hybridized carbons (Fsp3) is 0.500. The van der Waals surface area contributed by atoms with Gasteiger partial charge in [-0.1, -0.05) is 38.1 Å². The van der Waals surface area contributed by atoms with Crippen LogP contribution in [0.5, 0.6) is 5.75 Å². The normalized spacial score (nSPS) is 17.1. The molecule has 2 amide bonds. The molecular weight excluding hydrogens is 360 g/mol. The van der Waals surface area contributed by atoms with Crippen LogP contribution in [0.2, 0.25) is 0 Å². The van der Waals surface area contributed by atoms with E-state index >= 15 is 0 Å². The highest BCUT2D eigenvalue weighted by atomic mass is 16.5. The van der Waals surface area contributed by atoms with Crippen LogP contribution in [0.15, 0.2) is 28.8 Å². The molecule has 0 radical (unpaired) electrons. The molecule has 1 aromatic heterocycles. The first-order valence-corrected chi connectivity index (χ1v) is 9.22. The number of para-hydroxylation sites is 2. The second-order valence-electron chi connectivity index (χ2n) is 8.50. The average molecular weight is 386 g/mol. The Morgan fingerprint density at radius 2 is 1.89 bits per heavy atom. The summed E-state index contributed by atoms with van der Waals surface area (Å²) in [5.74, 6) is 0.865. The number of carbonyl (C=O) groups is 2. The zero-order chi connectivity index (χ0) is 20.7. The van der Waals surface area contributed by atoms with Gasteiger partial charge in [0.05, 0.1) is 11.2 Å². The maximum absolute atomic E-state index is 12.7. The number of rotatable bonds is 4. The number of aromatic nitrogens is 2. The third-order valence-electron chi connectivity index (χ3n) is 4.45. The Morgan fingerprint density at radius 3 is 2.54 bits per heavy atom. The molecule has 8 nitrogen and oxygen atoms in total. The van der Waals surface area contributed by atoms with Crippen molar-refractivity contribution in [2.75, 3.05) is 11.4 Å². The molecule has 1 N–H and O–H groups in total. The van der Waals surface area contributed by atoms with Gasteiger partial charge >= 0.3 is 0 Å². The topological polar surface area (TPSA) is 97.6 Å². The number of amides is 2. The van der Waals surface area contributed by atoms with Crippen molar-refractivity contribution in [3.05, 3.63) is 36.0 Å². The van der Waals surface area contributed by atoms with E-state index in [1.807, 2.05) is 26.8 Å². The Balaban J connectivity index is 1.76. The van der Waals surface area contributed by atoms with Crippen molar-refractivity contribution in [1.29, 1.82) is 0 Å². The Labute approximate surface area is 164 Å². The lowest BCUT2D eigenvalue weighted by Crippen LogP contribution is -2.51. The molecule has 0 spiro atoms. The Hall–Kier alpha value is -2.90. The molecule has 28 heavy (non-hydrogen) atoms. The zero-order valence-electron chi connectivity index (χ0n) is 17.1. The van der Waals surface area contributed by atoms with Crippen molar-refractivity contribution in [1.82, 2.24) is 15.5 Å². The summed E-state index contributed by atoms with van der Waals surface area (Å²) < 4.78 is 10.9. The van der Waals surface area contributed by atoms with Crippen LogP contribution >= 0.6 is 0 Å². The molecule has 0 aliphatic carbocycles. The summed E-state index contributed by atoms with van der Waals surface area (Å²) >= 11 is 0. The summed E-state index contributed by atoms with van der Waals surface area (Å²) in [7, 11) is 0. The molecule has 150 valence electrons. The number of nitrogens with one attached hydrogen (secondary N) is 1. The zero-order valence-corrected chi connectivity index (χ0v) is 17.1. The van der Waals surface area contributed by atoms with Crippen molar-refractivity contribution in [3.63, 3.8) is 0 Å². The van der Waals surface area contributed by atoms with E-state index < -0.39 is 11.6 Å². The molecule has 3 rings (SSSR count). The summed E-state index contributed by atoms with van der Waals surface area (Å²) in [5, 5.41) is 6.91. The standard InChI is InChI=1S/C20H26N4O4/c1-12-16(26)24(13-9-7-8-10-14(13)27-12)11-15(25)22-20(5,6)17-21-18(28-23-17)19(2,3)4/h7-10,12H,11H2,1-6H3,(H,22,25). The number of benzene rings is 1. The second-order valence-corrected chi connectivity index (χ2v) is 8.50. The minimum Gasteiger partial charge on any atom is -0.479 e. The van der Waals surface area contributed by atoms with Crippen LogP contribution in [0.25, 0.3) is 0 Å². The molecule has 8 heteroatoms. The molecule has 1 aliphatic heterocycles. The number of anilines is 1. The van der Waals surface area contributed by atoms with Gasteiger partial charge in [0.25, 0.3) is 5.91 Å². The first kappa shape index (κ1) is 19.9. The van der Waals surface area contributed by atoms with Gasteiger partial charge in [-0.05, 0) is 32.9 Å². The summed E-state index contributed by atoms with van der Waals surface area (Å²) in [4.78, 5) is 31.1. The van der Waals surface area contributed by atoms with Crippen LogP contribution in [0, 0.1) is 0 Å². The summed E-state index contributed by atoms with van der Waals surface area (Å²) in [6.07, 6.45) is -0.651. The third kappa shape index (κ3) is 3.85. The van der Waals surface area contributed by atoms with Crippen LogP contribution in [-0.2, 0) is 20.5 Å². The Bertz CT molecular complexity index is 898. The number of nitrogens with zero attached hydrogens (tertiary/aromatic N) is 3. The molecule has 1 aliphatic rings. The van der Waals surface area contributed by atoms with Gasteiger partial charge in [0.2, 0.25) is 11.8 Å². The van der Waals surface area contributed by atoms with Gasteiger partial charge in [0.15, 0.2) is 11.9 Å². The highest BCUT2D eigenvalue weighted by Gasteiger charge is 2.35. The van der Waals surface area contributed by atoms with Crippen molar-refractivity contribution >= 4 is 17.5 Å². The van der Waals surface area contributed by atoms with Gasteiger partial charge < -0.3 is 14.6 Å². The second kappa shape index (κ2) is 6.92. The summed E-state index contributed by atoms with van der Waals surface area (Å²) in [6.45, 7) is 11.0. The fourth-order valence-electron chi connectivity index (χ4n) is 2.89. The number of carbonyl (C=O) groups excluding carboxylic acids is 2. The van der Waals surface area contributed by atoms with Crippen molar-refractivity contribution in [3.8, 4) is 5.75 Å². The molecule has 0 bridgehead atoms. The minimum atomic E-state index is -0.857. The van der Waals surface area contributed by atoms with E-state index in [9.17, 15) is 9.59 Å². The van der Waals surface area contributed by atoms with E-state index in [-0.39, 0.29) is 23.8 Å². The van der Waals surface area contributed by atoms with Crippen molar-refractivity contribution in [2.45, 2.75) is 58.6 Å². The quantitative estimate of drug-likeness (QED) is 0.867. The van der Waals surface area contributed by atoms with Gasteiger partial charge in [-0.3, -0.25) is 14.5 Å². The highest BCUT2D eigenvalue weighted by molar-refractivity contribution is 6.03. The SMILES string of the molecule is CC1Oc2ccccc2N(CC(=O)NC(C)(C)c2noc(C(C)(C)C)n2)C1=O. The smallest absolute Gasteiger partial charge is 0.268 e. The molecule has 0 saturated carbocycles. The van der Waals surface area contributed by atoms with Gasteiger partial charge in [0, 0.05) is 5.41 Å².